The van der Waals surface area contributed by atoms with E-state index < -0.39 is 42.9 Å². The Morgan fingerprint density at radius 3 is 2.70 bits per heavy atom. The van der Waals surface area contributed by atoms with Gasteiger partial charge in [-0.1, -0.05) is 12.1 Å². The van der Waals surface area contributed by atoms with E-state index in [4.69, 9.17) is 0 Å². The molecule has 1 aromatic rings. The van der Waals surface area contributed by atoms with Crippen molar-refractivity contribution in [3.05, 3.63) is 29.8 Å². The first kappa shape index (κ1) is 17.5. The van der Waals surface area contributed by atoms with E-state index in [0.717, 1.165) is 12.1 Å². The van der Waals surface area contributed by atoms with Gasteiger partial charge in [0.25, 0.3) is 5.92 Å². The van der Waals surface area contributed by atoms with Crippen molar-refractivity contribution in [3.63, 3.8) is 0 Å². The molecule has 4 nitrogen and oxygen atoms in total. The molecule has 1 aliphatic rings. The van der Waals surface area contributed by atoms with Crippen molar-refractivity contribution < 1.29 is 31.5 Å². The Bertz CT molecular complexity index is 577. The molecule has 1 amide bonds. The molecule has 0 aliphatic carbocycles. The van der Waals surface area contributed by atoms with Gasteiger partial charge < -0.3 is 9.64 Å². The zero-order valence-corrected chi connectivity index (χ0v) is 12.2. The van der Waals surface area contributed by atoms with Gasteiger partial charge in [0.1, 0.15) is 5.75 Å². The summed E-state index contributed by atoms with van der Waals surface area (Å²) in [6, 6.07) is 4.16. The summed E-state index contributed by atoms with van der Waals surface area (Å²) in [5.41, 5.74) is 0.396. The van der Waals surface area contributed by atoms with Crippen LogP contribution in [0.3, 0.4) is 0 Å². The molecule has 1 N–H and O–H groups in total. The van der Waals surface area contributed by atoms with Crippen molar-refractivity contribution in [1.82, 2.24) is 10.2 Å². The van der Waals surface area contributed by atoms with Crippen LogP contribution in [0.4, 0.5) is 22.0 Å². The third kappa shape index (κ3) is 5.05. The normalized spacial score (nSPS) is 20.3. The number of nitrogens with zero attached hydrogens (tertiary/aromatic N) is 1. The highest BCUT2D eigenvalue weighted by molar-refractivity contribution is 5.82. The van der Waals surface area contributed by atoms with E-state index in [9.17, 15) is 26.7 Å². The van der Waals surface area contributed by atoms with E-state index in [-0.39, 0.29) is 6.54 Å². The van der Waals surface area contributed by atoms with E-state index >= 15 is 0 Å². The number of rotatable bonds is 4. The number of hydrogen-bond donors (Lipinski definition) is 1. The zero-order valence-electron chi connectivity index (χ0n) is 12.2. The van der Waals surface area contributed by atoms with Crippen LogP contribution in [0.1, 0.15) is 12.0 Å². The highest BCUT2D eigenvalue weighted by Crippen LogP contribution is 2.27. The van der Waals surface area contributed by atoms with Gasteiger partial charge >= 0.3 is 6.36 Å². The number of likely N-dealkylation sites (N-methyl/N-ethyl adjacent to an activating group) is 1. The highest BCUT2D eigenvalue weighted by atomic mass is 19.4. The lowest BCUT2D eigenvalue weighted by Crippen LogP contribution is -2.41. The lowest BCUT2D eigenvalue weighted by Gasteiger charge is -2.21. The van der Waals surface area contributed by atoms with Gasteiger partial charge in [-0.05, 0) is 17.7 Å². The molecule has 1 saturated heterocycles. The van der Waals surface area contributed by atoms with E-state index in [2.05, 4.69) is 10.1 Å². The maximum absolute atomic E-state index is 13.1. The number of ether oxygens (including phenoxy) is 1. The largest absolute Gasteiger partial charge is 0.573 e. The van der Waals surface area contributed by atoms with Gasteiger partial charge in [-0.25, -0.2) is 8.78 Å². The molecular formula is C14H15F5N2O2. The third-order valence-electron chi connectivity index (χ3n) is 3.34. The van der Waals surface area contributed by atoms with Crippen LogP contribution < -0.4 is 10.1 Å². The van der Waals surface area contributed by atoms with Crippen molar-refractivity contribution in [1.29, 1.82) is 0 Å². The van der Waals surface area contributed by atoms with E-state index in [0.29, 0.717) is 5.56 Å². The highest BCUT2D eigenvalue weighted by Gasteiger charge is 2.43. The molecule has 1 fully saturated rings. The molecule has 1 unspecified atom stereocenters. The quantitative estimate of drug-likeness (QED) is 0.858. The average molecular weight is 338 g/mol. The van der Waals surface area contributed by atoms with Gasteiger partial charge in [-0.15, -0.1) is 13.2 Å². The fourth-order valence-electron chi connectivity index (χ4n) is 2.35. The molecule has 23 heavy (non-hydrogen) atoms. The number of nitrogens with one attached hydrogen (secondary N) is 1. The second kappa shape index (κ2) is 6.31. The van der Waals surface area contributed by atoms with Crippen LogP contribution >= 0.6 is 0 Å². The Hall–Kier alpha value is -1.90. The van der Waals surface area contributed by atoms with Crippen LogP contribution in [0, 0.1) is 0 Å². The van der Waals surface area contributed by atoms with Crippen molar-refractivity contribution in [2.24, 2.45) is 0 Å². The molecule has 0 bridgehead atoms. The minimum absolute atomic E-state index is 0.0162. The predicted octanol–water partition coefficient (Wildman–Crippen LogP) is 2.54. The number of amides is 1. The van der Waals surface area contributed by atoms with Gasteiger partial charge in [0.15, 0.2) is 0 Å². The molecule has 0 aromatic heterocycles. The number of hydrogen-bond acceptors (Lipinski definition) is 3. The summed E-state index contributed by atoms with van der Waals surface area (Å²) in [6.45, 7) is -0.580. The Morgan fingerprint density at radius 1 is 1.43 bits per heavy atom. The summed E-state index contributed by atoms with van der Waals surface area (Å²) >= 11 is 0. The summed E-state index contributed by atoms with van der Waals surface area (Å²) < 4.78 is 66.5. The Morgan fingerprint density at radius 2 is 2.13 bits per heavy atom. The fraction of sp³-hybridized carbons (Fsp3) is 0.500. The van der Waals surface area contributed by atoms with E-state index in [1.54, 1.807) is 0 Å². The summed E-state index contributed by atoms with van der Waals surface area (Å²) in [5.74, 6) is -3.87. The predicted molar refractivity (Wildman–Crippen MR) is 71.0 cm³/mol. The summed E-state index contributed by atoms with van der Waals surface area (Å²) in [5, 5.41) is 2.44. The summed E-state index contributed by atoms with van der Waals surface area (Å²) in [7, 11) is 1.40. The van der Waals surface area contributed by atoms with Gasteiger partial charge in [-0.3, -0.25) is 10.1 Å². The van der Waals surface area contributed by atoms with Gasteiger partial charge in [-0.2, -0.15) is 0 Å². The number of alkyl halides is 5. The maximum Gasteiger partial charge on any atom is 0.573 e. The lowest BCUT2D eigenvalue weighted by atomic mass is 10.1. The molecule has 0 saturated carbocycles. The number of benzene rings is 1. The van der Waals surface area contributed by atoms with Crippen molar-refractivity contribution in [2.45, 2.75) is 31.3 Å². The van der Waals surface area contributed by atoms with E-state index in [1.807, 2.05) is 0 Å². The molecule has 1 heterocycles. The van der Waals surface area contributed by atoms with Crippen molar-refractivity contribution in [2.75, 3.05) is 13.6 Å². The summed E-state index contributed by atoms with van der Waals surface area (Å²) in [6.07, 6.45) is -5.40. The molecule has 128 valence electrons. The lowest BCUT2D eigenvalue weighted by molar-refractivity contribution is -0.274. The molecule has 1 aromatic carbocycles. The van der Waals surface area contributed by atoms with Crippen LogP contribution in [0.15, 0.2) is 24.3 Å². The molecule has 0 radical (unpaired) electrons. The van der Waals surface area contributed by atoms with Gasteiger partial charge in [0.2, 0.25) is 5.91 Å². The smallest absolute Gasteiger partial charge is 0.406 e. The Balaban J connectivity index is 1.99. The number of carbonyl (C=O) groups is 1. The minimum Gasteiger partial charge on any atom is -0.406 e. The molecule has 0 spiro atoms. The standard InChI is InChI=1S/C14H15F5N2O2/c1-21(12(22)11-6-13(15,16)8-20-11)7-9-3-2-4-10(5-9)23-14(17,18)19/h2-5,11,20H,6-8H2,1H3. The zero-order chi connectivity index (χ0) is 17.3. The van der Waals surface area contributed by atoms with Crippen LogP contribution in [0.2, 0.25) is 0 Å². The van der Waals surface area contributed by atoms with Crippen LogP contribution in [-0.4, -0.2) is 42.7 Å². The molecule has 1 atom stereocenters. The SMILES string of the molecule is CN(Cc1cccc(OC(F)(F)F)c1)C(=O)C1CC(F)(F)CN1. The minimum atomic E-state index is -4.81. The van der Waals surface area contributed by atoms with Gasteiger partial charge in [0, 0.05) is 20.0 Å². The first-order valence-electron chi connectivity index (χ1n) is 6.77. The average Bonchev–Trinajstić information content (AvgIpc) is 2.76. The molecule has 2 rings (SSSR count). The van der Waals surface area contributed by atoms with Crippen LogP contribution in [0.5, 0.6) is 5.75 Å². The maximum atomic E-state index is 13.1. The first-order chi connectivity index (χ1) is 10.6. The second-order valence-corrected chi connectivity index (χ2v) is 5.38. The Labute approximate surface area is 129 Å². The Kier molecular flexibility index (Phi) is 4.79. The number of carbonyl (C=O) groups excluding carboxylic acids is 1. The third-order valence-corrected chi connectivity index (χ3v) is 3.34. The summed E-state index contributed by atoms with van der Waals surface area (Å²) in [4.78, 5) is 13.3. The topological polar surface area (TPSA) is 41.6 Å². The van der Waals surface area contributed by atoms with Gasteiger partial charge in [0.05, 0.1) is 12.6 Å². The number of halogens is 5. The van der Waals surface area contributed by atoms with Crippen molar-refractivity contribution >= 4 is 5.91 Å². The van der Waals surface area contributed by atoms with Crippen LogP contribution in [0.25, 0.3) is 0 Å². The second-order valence-electron chi connectivity index (χ2n) is 5.38. The van der Waals surface area contributed by atoms with E-state index in [1.165, 1.54) is 24.1 Å². The monoisotopic (exact) mass is 338 g/mol. The first-order valence-corrected chi connectivity index (χ1v) is 6.77. The fourth-order valence-corrected chi connectivity index (χ4v) is 2.35. The molecule has 9 heteroatoms. The molecular weight excluding hydrogens is 323 g/mol. The molecule has 1 aliphatic heterocycles. The van der Waals surface area contributed by atoms with Crippen molar-refractivity contribution in [3.8, 4) is 5.75 Å². The van der Waals surface area contributed by atoms with Crippen LogP contribution in [-0.2, 0) is 11.3 Å².